The Morgan fingerprint density at radius 2 is 2.00 bits per heavy atom. The number of aliphatic carboxylic acids is 1. The normalized spacial score (nSPS) is 12.4. The molecule has 0 heterocycles. The number of carbonyl (C=O) groups is 1. The molecule has 14 heavy (non-hydrogen) atoms. The second-order valence-electron chi connectivity index (χ2n) is 3.38. The summed E-state index contributed by atoms with van der Waals surface area (Å²) in [4.78, 5) is 10.4. The second kappa shape index (κ2) is 5.15. The number of carboxylic acid groups (broad SMARTS) is 1. The van der Waals surface area contributed by atoms with Crippen LogP contribution in [-0.4, -0.2) is 15.9 Å². The van der Waals surface area contributed by atoms with Gasteiger partial charge in [-0.15, -0.1) is 0 Å². The molecule has 1 aromatic carbocycles. The molecule has 2 nitrogen and oxygen atoms in total. The molecular formula is C11H13BrO2. The number of aryl methyl sites for hydroxylation is 1. The minimum Gasteiger partial charge on any atom is -0.481 e. The van der Waals surface area contributed by atoms with Gasteiger partial charge in [-0.25, -0.2) is 0 Å². The molecule has 0 fully saturated rings. The zero-order valence-corrected chi connectivity index (χ0v) is 9.62. The number of hydrogen-bond donors (Lipinski definition) is 1. The van der Waals surface area contributed by atoms with Gasteiger partial charge < -0.3 is 5.11 Å². The van der Waals surface area contributed by atoms with Gasteiger partial charge in [-0.05, 0) is 18.9 Å². The van der Waals surface area contributed by atoms with Crippen molar-refractivity contribution in [2.45, 2.75) is 24.6 Å². The summed E-state index contributed by atoms with van der Waals surface area (Å²) in [6.45, 7) is 2.03. The lowest BCUT2D eigenvalue weighted by molar-refractivity contribution is -0.136. The maximum Gasteiger partial charge on any atom is 0.304 e. The topological polar surface area (TPSA) is 37.3 Å². The predicted molar refractivity (Wildman–Crippen MR) is 59.9 cm³/mol. The van der Waals surface area contributed by atoms with Gasteiger partial charge in [0, 0.05) is 4.83 Å². The highest BCUT2D eigenvalue weighted by Gasteiger charge is 2.09. The maximum atomic E-state index is 10.4. The molecule has 76 valence electrons. The van der Waals surface area contributed by atoms with Crippen molar-refractivity contribution >= 4 is 21.9 Å². The fourth-order valence-corrected chi connectivity index (χ4v) is 1.89. The number of halogens is 1. The number of carboxylic acids is 1. The SMILES string of the molecule is Cc1ccc(CC(Br)CC(=O)O)cc1. The first-order chi connectivity index (χ1) is 6.58. The summed E-state index contributed by atoms with van der Waals surface area (Å²) in [5.74, 6) is -0.765. The van der Waals surface area contributed by atoms with E-state index >= 15 is 0 Å². The van der Waals surface area contributed by atoms with E-state index in [1.54, 1.807) is 0 Å². The fraction of sp³-hybridized carbons (Fsp3) is 0.364. The third kappa shape index (κ3) is 3.92. The van der Waals surface area contributed by atoms with E-state index in [4.69, 9.17) is 5.11 Å². The van der Waals surface area contributed by atoms with E-state index < -0.39 is 5.97 Å². The minimum atomic E-state index is -0.765. The Morgan fingerprint density at radius 1 is 1.43 bits per heavy atom. The highest BCUT2D eigenvalue weighted by molar-refractivity contribution is 9.09. The average Bonchev–Trinajstić information content (AvgIpc) is 2.07. The van der Waals surface area contributed by atoms with Crippen LogP contribution in [0, 0.1) is 6.92 Å². The van der Waals surface area contributed by atoms with Gasteiger partial charge in [-0.1, -0.05) is 45.8 Å². The summed E-state index contributed by atoms with van der Waals surface area (Å²) in [6, 6.07) is 8.14. The van der Waals surface area contributed by atoms with Crippen LogP contribution in [0.1, 0.15) is 17.5 Å². The smallest absolute Gasteiger partial charge is 0.304 e. The van der Waals surface area contributed by atoms with Crippen molar-refractivity contribution in [2.75, 3.05) is 0 Å². The monoisotopic (exact) mass is 256 g/mol. The second-order valence-corrected chi connectivity index (χ2v) is 4.68. The Kier molecular flexibility index (Phi) is 4.14. The van der Waals surface area contributed by atoms with Gasteiger partial charge in [0.1, 0.15) is 0 Å². The van der Waals surface area contributed by atoms with Crippen molar-refractivity contribution in [3.8, 4) is 0 Å². The van der Waals surface area contributed by atoms with Gasteiger partial charge in [0.2, 0.25) is 0 Å². The van der Waals surface area contributed by atoms with Gasteiger partial charge in [-0.2, -0.15) is 0 Å². The Balaban J connectivity index is 2.51. The van der Waals surface area contributed by atoms with Crippen LogP contribution < -0.4 is 0 Å². The van der Waals surface area contributed by atoms with Crippen LogP contribution >= 0.6 is 15.9 Å². The lowest BCUT2D eigenvalue weighted by Gasteiger charge is -2.06. The van der Waals surface area contributed by atoms with E-state index in [0.29, 0.717) is 0 Å². The van der Waals surface area contributed by atoms with E-state index in [9.17, 15) is 4.79 Å². The summed E-state index contributed by atoms with van der Waals surface area (Å²) >= 11 is 3.35. The quantitative estimate of drug-likeness (QED) is 0.842. The molecule has 0 amide bonds. The molecule has 1 N–H and O–H groups in total. The lowest BCUT2D eigenvalue weighted by Crippen LogP contribution is -2.09. The number of hydrogen-bond acceptors (Lipinski definition) is 1. The van der Waals surface area contributed by atoms with Crippen LogP contribution in [0.3, 0.4) is 0 Å². The molecule has 0 saturated heterocycles. The van der Waals surface area contributed by atoms with Crippen molar-refractivity contribution < 1.29 is 9.90 Å². The molecule has 1 rings (SSSR count). The van der Waals surface area contributed by atoms with Gasteiger partial charge >= 0.3 is 5.97 Å². The molecule has 1 atom stereocenters. The molecule has 1 aromatic rings. The van der Waals surface area contributed by atoms with Gasteiger partial charge in [0.25, 0.3) is 0 Å². The molecular weight excluding hydrogens is 244 g/mol. The average molecular weight is 257 g/mol. The summed E-state index contributed by atoms with van der Waals surface area (Å²) in [6.07, 6.45) is 0.917. The Bertz CT molecular complexity index is 306. The van der Waals surface area contributed by atoms with E-state index in [0.717, 1.165) is 6.42 Å². The van der Waals surface area contributed by atoms with Crippen molar-refractivity contribution in [1.82, 2.24) is 0 Å². The molecule has 0 bridgehead atoms. The molecule has 0 aliphatic heterocycles. The Morgan fingerprint density at radius 3 is 2.50 bits per heavy atom. The molecule has 0 radical (unpaired) electrons. The molecule has 0 aliphatic rings. The lowest BCUT2D eigenvalue weighted by atomic mass is 10.1. The molecule has 0 aliphatic carbocycles. The minimum absolute atomic E-state index is 0.0164. The zero-order valence-electron chi connectivity index (χ0n) is 8.03. The molecule has 1 unspecified atom stereocenters. The Hall–Kier alpha value is -0.830. The molecule has 0 saturated carbocycles. The van der Waals surface area contributed by atoms with Gasteiger partial charge in [-0.3, -0.25) is 4.79 Å². The standard InChI is InChI=1S/C11H13BrO2/c1-8-2-4-9(5-3-8)6-10(12)7-11(13)14/h2-5,10H,6-7H2,1H3,(H,13,14). The van der Waals surface area contributed by atoms with Crippen molar-refractivity contribution in [2.24, 2.45) is 0 Å². The van der Waals surface area contributed by atoms with Crippen molar-refractivity contribution in [1.29, 1.82) is 0 Å². The van der Waals surface area contributed by atoms with E-state index in [-0.39, 0.29) is 11.2 Å². The zero-order chi connectivity index (χ0) is 10.6. The third-order valence-electron chi connectivity index (χ3n) is 1.97. The summed E-state index contributed by atoms with van der Waals surface area (Å²) in [5, 5.41) is 8.58. The number of benzene rings is 1. The van der Waals surface area contributed by atoms with E-state index in [1.165, 1.54) is 11.1 Å². The molecule has 0 aromatic heterocycles. The van der Waals surface area contributed by atoms with Gasteiger partial charge in [0.15, 0.2) is 0 Å². The number of alkyl halides is 1. The first-order valence-corrected chi connectivity index (χ1v) is 5.41. The first kappa shape index (κ1) is 11.2. The fourth-order valence-electron chi connectivity index (χ4n) is 1.24. The van der Waals surface area contributed by atoms with Crippen LogP contribution in [0.25, 0.3) is 0 Å². The third-order valence-corrected chi connectivity index (χ3v) is 2.62. The van der Waals surface area contributed by atoms with Gasteiger partial charge in [0.05, 0.1) is 6.42 Å². The van der Waals surface area contributed by atoms with Crippen molar-refractivity contribution in [3.05, 3.63) is 35.4 Å². The summed E-state index contributed by atoms with van der Waals surface area (Å²) < 4.78 is 0. The summed E-state index contributed by atoms with van der Waals surface area (Å²) in [7, 11) is 0. The highest BCUT2D eigenvalue weighted by Crippen LogP contribution is 2.13. The highest BCUT2D eigenvalue weighted by atomic mass is 79.9. The van der Waals surface area contributed by atoms with E-state index in [1.807, 2.05) is 31.2 Å². The van der Waals surface area contributed by atoms with Crippen LogP contribution in [0.4, 0.5) is 0 Å². The van der Waals surface area contributed by atoms with E-state index in [2.05, 4.69) is 15.9 Å². The number of rotatable bonds is 4. The molecule has 3 heteroatoms. The van der Waals surface area contributed by atoms with Crippen LogP contribution in [0.2, 0.25) is 0 Å². The maximum absolute atomic E-state index is 10.4. The Labute approximate surface area is 92.1 Å². The summed E-state index contributed by atoms with van der Waals surface area (Å²) in [5.41, 5.74) is 2.39. The van der Waals surface area contributed by atoms with Crippen molar-refractivity contribution in [3.63, 3.8) is 0 Å². The molecule has 0 spiro atoms. The predicted octanol–water partition coefficient (Wildman–Crippen LogP) is 2.78. The largest absolute Gasteiger partial charge is 0.481 e. The first-order valence-electron chi connectivity index (χ1n) is 4.49. The van der Waals surface area contributed by atoms with Crippen LogP contribution in [0.15, 0.2) is 24.3 Å². The van der Waals surface area contributed by atoms with Crippen LogP contribution in [0.5, 0.6) is 0 Å². The van der Waals surface area contributed by atoms with Crippen LogP contribution in [-0.2, 0) is 11.2 Å².